The van der Waals surface area contributed by atoms with Crippen LogP contribution in [-0.2, 0) is 52.7 Å². The number of amides is 3. The van der Waals surface area contributed by atoms with Gasteiger partial charge >= 0.3 is 11.9 Å². The van der Waals surface area contributed by atoms with E-state index in [1.165, 1.54) is 21.6 Å². The van der Waals surface area contributed by atoms with Crippen LogP contribution in [0.25, 0.3) is 0 Å². The monoisotopic (exact) mass is 1370 g/mol. The lowest BCUT2D eigenvalue weighted by molar-refractivity contribution is -0.178. The van der Waals surface area contributed by atoms with Crippen molar-refractivity contribution in [2.75, 3.05) is 118 Å². The van der Waals surface area contributed by atoms with Crippen molar-refractivity contribution in [3.05, 3.63) is 0 Å². The molecule has 0 spiro atoms. The summed E-state index contributed by atoms with van der Waals surface area (Å²) >= 11 is 0. The van der Waals surface area contributed by atoms with E-state index < -0.39 is 282 Å². The van der Waals surface area contributed by atoms with E-state index in [0.717, 1.165) is 9.80 Å². The van der Waals surface area contributed by atoms with Crippen molar-refractivity contribution in [3.8, 4) is 0 Å². The summed E-state index contributed by atoms with van der Waals surface area (Å²) in [6, 6.07) is -5.04. The van der Waals surface area contributed by atoms with Crippen LogP contribution < -0.4 is 21.8 Å². The van der Waals surface area contributed by atoms with Crippen molar-refractivity contribution in [2.45, 2.75) is 154 Å². The molecular weight excluding hydrogens is 1270 g/mol. The quantitative estimate of drug-likeness (QED) is 0.0116. The number of hydrogen-bond acceptors (Lipinski definition) is 38. The first-order valence-electron chi connectivity index (χ1n) is 28.8. The summed E-state index contributed by atoms with van der Waals surface area (Å²) in [5.41, 5.74) is 4.82. The molecule has 1 saturated heterocycles. The van der Waals surface area contributed by atoms with Gasteiger partial charge in [-0.05, 0) is 19.8 Å². The van der Waals surface area contributed by atoms with E-state index in [-0.39, 0.29) is 25.9 Å². The molecule has 1 rings (SSSR count). The van der Waals surface area contributed by atoms with Gasteiger partial charge < -0.3 is 142 Å². The third-order valence-corrected chi connectivity index (χ3v) is 15.1. The summed E-state index contributed by atoms with van der Waals surface area (Å²) in [5, 5.41) is 231. The Balaban J connectivity index is 3.80. The van der Waals surface area contributed by atoms with E-state index in [1.54, 1.807) is 0 Å². The van der Waals surface area contributed by atoms with Gasteiger partial charge in [-0.25, -0.2) is 21.3 Å². The SMILES string of the molecule is CC1(N(COC=O)COC=O)CN(C(CC(=O)N(CCNOCC(O)C(O)C(O)C(O)CO)CCNC(=O)C(O)C(O)C(O)C(O)CO)C(=O)O)CCN(C(CC(=O)N(CCNOCC(O)C(O)C(O)C(O)CO)CCC(CC(O)C(O)C(O)C(O)O)NO)C(=O)O)C1. The molecule has 0 aromatic rings. The average molecular weight is 1370 g/mol. The molecule has 0 aromatic heterocycles. The zero-order chi connectivity index (χ0) is 70.9. The lowest BCUT2D eigenvalue weighted by Gasteiger charge is -2.44. The first-order chi connectivity index (χ1) is 43.7. The fourth-order valence-electron chi connectivity index (χ4n) is 9.31. The molecule has 1 fully saturated rings. The molecule has 0 radical (unpaired) electrons. The van der Waals surface area contributed by atoms with Crippen molar-refractivity contribution in [1.82, 2.24) is 46.3 Å². The summed E-state index contributed by atoms with van der Waals surface area (Å²) in [7, 11) is 0. The fraction of sp³-hybridized carbons (Fsp3) is 0.860. The Labute approximate surface area is 530 Å². The minimum atomic E-state index is -2.51. The molecule has 0 saturated carbocycles. The predicted molar refractivity (Wildman–Crippen MR) is 301 cm³/mol. The Morgan fingerprint density at radius 2 is 0.903 bits per heavy atom. The minimum absolute atomic E-state index is 0.0103. The Morgan fingerprint density at radius 3 is 1.28 bits per heavy atom. The van der Waals surface area contributed by atoms with Crippen LogP contribution in [-0.4, -0.2) is 425 Å². The topological polar surface area (TPSA) is 686 Å². The van der Waals surface area contributed by atoms with Gasteiger partial charge in [-0.1, -0.05) is 0 Å². The normalized spacial score (nSPS) is 20.9. The molecule has 1 aliphatic rings. The molecule has 0 bridgehead atoms. The molecule has 3 amide bonds. The van der Waals surface area contributed by atoms with E-state index in [1.807, 2.05) is 5.48 Å². The third-order valence-electron chi connectivity index (χ3n) is 15.1. The van der Waals surface area contributed by atoms with Crippen LogP contribution in [0, 0.1) is 0 Å². The summed E-state index contributed by atoms with van der Waals surface area (Å²) in [5.74, 6) is -6.73. The molecule has 93 heavy (non-hydrogen) atoms. The van der Waals surface area contributed by atoms with Gasteiger partial charge in [0.1, 0.15) is 105 Å². The second kappa shape index (κ2) is 44.8. The number of ether oxygens (including phenoxy) is 2. The highest BCUT2D eigenvalue weighted by Crippen LogP contribution is 2.27. The number of carbonyl (C=O) groups excluding carboxylic acids is 5. The van der Waals surface area contributed by atoms with Gasteiger partial charge in [0.05, 0.1) is 52.0 Å². The second-order valence-corrected chi connectivity index (χ2v) is 21.9. The number of nitrogens with one attached hydrogen (secondary N) is 4. The molecule has 43 heteroatoms. The first-order valence-corrected chi connectivity index (χ1v) is 28.8. The van der Waals surface area contributed by atoms with Gasteiger partial charge in [0, 0.05) is 83.6 Å². The third kappa shape index (κ3) is 29.2. The number of hydroxylamine groups is 3. The lowest BCUT2D eigenvalue weighted by Crippen LogP contribution is -2.61. The molecule has 1 heterocycles. The van der Waals surface area contributed by atoms with Gasteiger partial charge in [0.15, 0.2) is 12.4 Å². The lowest BCUT2D eigenvalue weighted by atomic mass is 9.96. The smallest absolute Gasteiger partial charge is 0.321 e. The Hall–Kier alpha value is -4.87. The van der Waals surface area contributed by atoms with E-state index in [4.69, 9.17) is 34.5 Å². The molecule has 27 N–H and O–H groups in total. The highest BCUT2D eigenvalue weighted by atomic mass is 16.7. The van der Waals surface area contributed by atoms with Crippen molar-refractivity contribution in [2.24, 2.45) is 0 Å². The molecule has 19 unspecified atom stereocenters. The van der Waals surface area contributed by atoms with Gasteiger partial charge in [0.25, 0.3) is 18.9 Å². The summed E-state index contributed by atoms with van der Waals surface area (Å²) in [6.07, 6.45) is -36.4. The van der Waals surface area contributed by atoms with Gasteiger partial charge in [0.2, 0.25) is 11.8 Å². The fourth-order valence-corrected chi connectivity index (χ4v) is 9.31. The van der Waals surface area contributed by atoms with Gasteiger partial charge in [-0.15, -0.1) is 0 Å². The molecule has 0 aromatic carbocycles. The highest BCUT2D eigenvalue weighted by Gasteiger charge is 2.46. The van der Waals surface area contributed by atoms with Crippen LogP contribution in [0.1, 0.15) is 32.6 Å². The maximum absolute atomic E-state index is 14.5. The average Bonchev–Trinajstić information content (AvgIpc) is 1.73. The Bertz CT molecular complexity index is 2150. The van der Waals surface area contributed by atoms with Crippen LogP contribution in [0.4, 0.5) is 0 Å². The zero-order valence-corrected chi connectivity index (χ0v) is 50.7. The maximum atomic E-state index is 14.5. The number of carbonyl (C=O) groups is 7. The molecule has 19 atom stereocenters. The van der Waals surface area contributed by atoms with Crippen molar-refractivity contribution >= 4 is 42.6 Å². The number of carboxylic acids is 2. The highest BCUT2D eigenvalue weighted by molar-refractivity contribution is 5.85. The molecule has 43 nitrogen and oxygen atoms in total. The number of aliphatic hydroxyl groups excluding tert-OH is 19. The van der Waals surface area contributed by atoms with E-state index in [0.29, 0.717) is 0 Å². The zero-order valence-electron chi connectivity index (χ0n) is 50.7. The van der Waals surface area contributed by atoms with E-state index >= 15 is 0 Å². The Morgan fingerprint density at radius 1 is 0.527 bits per heavy atom. The van der Waals surface area contributed by atoms with E-state index in [9.17, 15) is 136 Å². The van der Waals surface area contributed by atoms with Gasteiger partial charge in [-0.3, -0.25) is 53.0 Å². The van der Waals surface area contributed by atoms with Crippen molar-refractivity contribution in [1.29, 1.82) is 0 Å². The van der Waals surface area contributed by atoms with Crippen molar-refractivity contribution in [3.63, 3.8) is 0 Å². The van der Waals surface area contributed by atoms with Crippen LogP contribution in [0.15, 0.2) is 0 Å². The summed E-state index contributed by atoms with van der Waals surface area (Å²) in [4.78, 5) is 107. The minimum Gasteiger partial charge on any atom is -0.480 e. The largest absolute Gasteiger partial charge is 0.480 e. The summed E-state index contributed by atoms with van der Waals surface area (Å²) < 4.78 is 9.99. The number of carboxylic acid groups (broad SMARTS) is 2. The van der Waals surface area contributed by atoms with E-state index in [2.05, 4.69) is 16.3 Å². The maximum Gasteiger partial charge on any atom is 0.321 e. The molecular formula is C50H95N9O34. The number of hydrogen-bond donors (Lipinski definition) is 27. The first kappa shape index (κ1) is 86.1. The van der Waals surface area contributed by atoms with Crippen LogP contribution >= 0.6 is 0 Å². The number of aliphatic carboxylic acids is 2. The van der Waals surface area contributed by atoms with Crippen LogP contribution in [0.3, 0.4) is 0 Å². The molecule has 0 aliphatic carbocycles. The number of rotatable bonds is 52. The summed E-state index contributed by atoms with van der Waals surface area (Å²) in [6.45, 7) is -9.90. The van der Waals surface area contributed by atoms with Crippen LogP contribution in [0.5, 0.6) is 0 Å². The Kier molecular flexibility index (Phi) is 41.5. The van der Waals surface area contributed by atoms with Crippen molar-refractivity contribution < 1.29 is 170 Å². The van der Waals surface area contributed by atoms with Crippen LogP contribution in [0.2, 0.25) is 0 Å². The van der Waals surface area contributed by atoms with Gasteiger partial charge in [-0.2, -0.15) is 0 Å². The number of nitrogens with zero attached hydrogens (tertiary/aromatic N) is 5. The predicted octanol–water partition coefficient (Wildman–Crippen LogP) is -16.7. The number of aliphatic hydroxyl groups is 20. The second-order valence-electron chi connectivity index (χ2n) is 21.9. The standard InChI is InChI=1S/C50H95N9O34/c1-50(59(22-90-24-63)23-91-25-64)20-57(27(47(83)84)13-35(71)55(6-2-26(54-89)12-29(65)37(73)45(81)49(87)88)8-4-52-92-18-33(69)41(77)38(74)30(66)15-60)10-11-58(21-50)28(48(85)86)14-36(72)56(7-3-51-46(82)44(80)43(79)40(76)32(68)17-62)9-5-53-93-19-34(70)42(78)39(75)31(67)16-61/h24-34,37-45,49,52-54,60-62,65-70,73-81,87-89H,2-23H2,1H3,(H,51,82)(H,83,84)(H,85,86). The molecule has 544 valence electrons. The molecule has 1 aliphatic heterocycles.